The monoisotopic (exact) mass is 365 g/mol. The van der Waals surface area contributed by atoms with Crippen molar-refractivity contribution >= 4 is 23.0 Å². The van der Waals surface area contributed by atoms with Crippen LogP contribution in [0, 0.1) is 0 Å². The van der Waals surface area contributed by atoms with Gasteiger partial charge in [-0.1, -0.05) is 0 Å². The van der Waals surface area contributed by atoms with Crippen molar-refractivity contribution in [1.29, 1.82) is 0 Å². The number of nitrogens with one attached hydrogen (secondary N) is 2. The highest BCUT2D eigenvalue weighted by atomic mass is 32.1. The lowest BCUT2D eigenvalue weighted by molar-refractivity contribution is 0.114. The fourth-order valence-corrected chi connectivity index (χ4v) is 2.66. The predicted molar refractivity (Wildman–Crippen MR) is 104 cm³/mol. The van der Waals surface area contributed by atoms with E-state index in [9.17, 15) is 0 Å². The van der Waals surface area contributed by atoms with Gasteiger partial charge >= 0.3 is 0 Å². The molecule has 138 valence electrons. The van der Waals surface area contributed by atoms with Crippen LogP contribution in [-0.4, -0.2) is 43.3 Å². The van der Waals surface area contributed by atoms with Crippen LogP contribution < -0.4 is 20.2 Å². The average Bonchev–Trinajstić information content (AvgIpc) is 3.13. The first-order valence-electron chi connectivity index (χ1n) is 8.73. The molecule has 7 heteroatoms. The summed E-state index contributed by atoms with van der Waals surface area (Å²) in [6.45, 7) is 8.53. The second-order valence-electron chi connectivity index (χ2n) is 5.68. The van der Waals surface area contributed by atoms with Gasteiger partial charge in [-0.05, 0) is 64.0 Å². The molecular weight excluding hydrogens is 338 g/mol. The van der Waals surface area contributed by atoms with Gasteiger partial charge in [0.2, 0.25) is 0 Å². The Bertz CT molecular complexity index is 601. The average molecular weight is 365 g/mol. The molecule has 0 aliphatic carbocycles. The third-order valence-corrected chi connectivity index (χ3v) is 4.04. The number of hydrazone groups is 1. The van der Waals surface area contributed by atoms with E-state index in [4.69, 9.17) is 26.4 Å². The summed E-state index contributed by atoms with van der Waals surface area (Å²) in [7, 11) is 0. The lowest BCUT2D eigenvalue weighted by Crippen LogP contribution is -2.37. The Hall–Kier alpha value is -1.86. The summed E-state index contributed by atoms with van der Waals surface area (Å²) in [5.41, 5.74) is 4.63. The van der Waals surface area contributed by atoms with E-state index in [1.54, 1.807) is 0 Å². The SMILES string of the molecule is CCOc1ccc(/C(C)=N\NC(=S)NC[C@H]2CCCO2)cc1OCC. The van der Waals surface area contributed by atoms with Gasteiger partial charge in [-0.2, -0.15) is 5.10 Å². The Morgan fingerprint density at radius 3 is 2.72 bits per heavy atom. The van der Waals surface area contributed by atoms with Crippen molar-refractivity contribution in [2.75, 3.05) is 26.4 Å². The van der Waals surface area contributed by atoms with Crippen LogP contribution in [-0.2, 0) is 4.74 Å². The molecule has 0 saturated carbocycles. The third-order valence-electron chi connectivity index (χ3n) is 3.80. The van der Waals surface area contributed by atoms with Crippen molar-refractivity contribution in [3.05, 3.63) is 23.8 Å². The summed E-state index contributed by atoms with van der Waals surface area (Å²) >= 11 is 5.25. The zero-order chi connectivity index (χ0) is 18.1. The van der Waals surface area contributed by atoms with Crippen molar-refractivity contribution in [3.8, 4) is 11.5 Å². The summed E-state index contributed by atoms with van der Waals surface area (Å²) in [5.74, 6) is 1.46. The second-order valence-corrected chi connectivity index (χ2v) is 6.09. The first-order chi connectivity index (χ1) is 12.1. The molecule has 1 aromatic rings. The van der Waals surface area contributed by atoms with Crippen LogP contribution in [0.4, 0.5) is 0 Å². The van der Waals surface area contributed by atoms with Crippen LogP contribution >= 0.6 is 12.2 Å². The lowest BCUT2D eigenvalue weighted by Gasteiger charge is -2.13. The standard InChI is InChI=1S/C18H27N3O3S/c1-4-22-16-9-8-14(11-17(16)23-5-2)13(3)20-21-18(25)19-12-15-7-6-10-24-15/h8-9,11,15H,4-7,10,12H2,1-3H3,(H2,19,21,25)/b20-13-/t15-/m1/s1. The van der Waals surface area contributed by atoms with Gasteiger partial charge in [0.25, 0.3) is 0 Å². The molecule has 0 bridgehead atoms. The summed E-state index contributed by atoms with van der Waals surface area (Å²) in [6, 6.07) is 5.78. The van der Waals surface area contributed by atoms with Crippen molar-refractivity contribution < 1.29 is 14.2 Å². The van der Waals surface area contributed by atoms with Crippen molar-refractivity contribution in [1.82, 2.24) is 10.7 Å². The number of hydrogen-bond donors (Lipinski definition) is 2. The van der Waals surface area contributed by atoms with Gasteiger partial charge in [-0.3, -0.25) is 5.43 Å². The molecule has 2 rings (SSSR count). The second kappa shape index (κ2) is 10.2. The third kappa shape index (κ3) is 6.17. The number of benzene rings is 1. The molecule has 1 aliphatic heterocycles. The van der Waals surface area contributed by atoms with E-state index in [1.165, 1.54) is 0 Å². The number of hydrogen-bond acceptors (Lipinski definition) is 5. The van der Waals surface area contributed by atoms with Crippen molar-refractivity contribution in [2.45, 2.75) is 39.7 Å². The van der Waals surface area contributed by atoms with Gasteiger partial charge in [0.1, 0.15) is 0 Å². The molecule has 1 heterocycles. The molecule has 1 aromatic carbocycles. The van der Waals surface area contributed by atoms with Gasteiger partial charge < -0.3 is 19.5 Å². The molecule has 1 saturated heterocycles. The molecule has 6 nitrogen and oxygen atoms in total. The Morgan fingerprint density at radius 1 is 1.28 bits per heavy atom. The van der Waals surface area contributed by atoms with Crippen LogP contribution in [0.15, 0.2) is 23.3 Å². The number of rotatable bonds is 8. The largest absolute Gasteiger partial charge is 0.490 e. The molecule has 0 unspecified atom stereocenters. The number of ether oxygens (including phenoxy) is 3. The minimum Gasteiger partial charge on any atom is -0.490 e. The van der Waals surface area contributed by atoms with E-state index in [1.807, 2.05) is 39.0 Å². The number of thiocarbonyl (C=S) groups is 1. The normalized spacial score (nSPS) is 17.2. The molecule has 1 fully saturated rings. The van der Waals surface area contributed by atoms with Gasteiger partial charge in [0.05, 0.1) is 25.0 Å². The maximum absolute atomic E-state index is 5.65. The van der Waals surface area contributed by atoms with Crippen LogP contribution in [0.3, 0.4) is 0 Å². The summed E-state index contributed by atoms with van der Waals surface area (Å²) in [5, 5.41) is 7.97. The van der Waals surface area contributed by atoms with E-state index < -0.39 is 0 Å². The van der Waals surface area contributed by atoms with Crippen LogP contribution in [0.2, 0.25) is 0 Å². The molecule has 2 N–H and O–H groups in total. The van der Waals surface area contributed by atoms with E-state index in [-0.39, 0.29) is 6.10 Å². The zero-order valence-corrected chi connectivity index (χ0v) is 15.9. The lowest BCUT2D eigenvalue weighted by atomic mass is 10.1. The molecule has 0 aromatic heterocycles. The highest BCUT2D eigenvalue weighted by Crippen LogP contribution is 2.28. The first-order valence-corrected chi connectivity index (χ1v) is 9.14. The van der Waals surface area contributed by atoms with Gasteiger partial charge in [0, 0.05) is 18.7 Å². The zero-order valence-electron chi connectivity index (χ0n) is 15.1. The van der Waals surface area contributed by atoms with Crippen molar-refractivity contribution in [3.63, 3.8) is 0 Å². The van der Waals surface area contributed by atoms with E-state index >= 15 is 0 Å². The predicted octanol–water partition coefficient (Wildman–Crippen LogP) is 2.85. The highest BCUT2D eigenvalue weighted by Gasteiger charge is 2.15. The molecule has 1 aliphatic rings. The maximum Gasteiger partial charge on any atom is 0.187 e. The minimum atomic E-state index is 0.240. The molecule has 0 spiro atoms. The van der Waals surface area contributed by atoms with Crippen LogP contribution in [0.5, 0.6) is 11.5 Å². The fraction of sp³-hybridized carbons (Fsp3) is 0.556. The topological polar surface area (TPSA) is 64.1 Å². The van der Waals surface area contributed by atoms with Gasteiger partial charge in [-0.15, -0.1) is 0 Å². The van der Waals surface area contributed by atoms with Crippen LogP contribution in [0.25, 0.3) is 0 Å². The maximum atomic E-state index is 5.65. The molecule has 0 radical (unpaired) electrons. The van der Waals surface area contributed by atoms with E-state index in [0.29, 0.717) is 24.9 Å². The van der Waals surface area contributed by atoms with Gasteiger partial charge in [0.15, 0.2) is 16.6 Å². The molecule has 25 heavy (non-hydrogen) atoms. The van der Waals surface area contributed by atoms with E-state index in [2.05, 4.69) is 15.8 Å². The Labute approximate surface area is 154 Å². The summed E-state index contributed by atoms with van der Waals surface area (Å²) in [4.78, 5) is 0. The Morgan fingerprint density at radius 2 is 2.04 bits per heavy atom. The molecular formula is C18H27N3O3S. The highest BCUT2D eigenvalue weighted by molar-refractivity contribution is 7.80. The van der Waals surface area contributed by atoms with Crippen molar-refractivity contribution in [2.24, 2.45) is 5.10 Å². The molecule has 1 atom stereocenters. The quantitative estimate of drug-likeness (QED) is 0.420. The smallest absolute Gasteiger partial charge is 0.187 e. The minimum absolute atomic E-state index is 0.240. The number of nitrogens with zero attached hydrogens (tertiary/aromatic N) is 1. The van der Waals surface area contributed by atoms with Gasteiger partial charge in [-0.25, -0.2) is 0 Å². The first kappa shape index (κ1) is 19.5. The summed E-state index contributed by atoms with van der Waals surface area (Å²) < 4.78 is 16.8. The fourth-order valence-electron chi connectivity index (χ4n) is 2.53. The Balaban J connectivity index is 1.93. The van der Waals surface area contributed by atoms with E-state index in [0.717, 1.165) is 42.2 Å². The van der Waals surface area contributed by atoms with Crippen LogP contribution in [0.1, 0.15) is 39.2 Å². The Kier molecular flexibility index (Phi) is 7.94. The summed E-state index contributed by atoms with van der Waals surface area (Å²) in [6.07, 6.45) is 2.43. The molecule has 0 amide bonds.